The second-order valence-electron chi connectivity index (χ2n) is 6.05. The summed E-state index contributed by atoms with van der Waals surface area (Å²) in [6.07, 6.45) is 9.93. The minimum atomic E-state index is -0.462. The Balaban J connectivity index is 4.14. The molecule has 0 aliphatic rings. The Hall–Kier alpha value is -3.98. The van der Waals surface area contributed by atoms with Gasteiger partial charge in [0.05, 0.1) is 26.4 Å². The predicted molar refractivity (Wildman–Crippen MR) is 126 cm³/mol. The van der Waals surface area contributed by atoms with Crippen molar-refractivity contribution in [2.75, 3.05) is 26.4 Å². The number of carbonyl (C=O) groups excluding carboxylic acids is 2. The van der Waals surface area contributed by atoms with Gasteiger partial charge in [0.1, 0.15) is 11.5 Å². The van der Waals surface area contributed by atoms with E-state index in [4.69, 9.17) is 18.9 Å². The highest BCUT2D eigenvalue weighted by Gasteiger charge is 1.97. The van der Waals surface area contributed by atoms with Crippen molar-refractivity contribution in [2.45, 2.75) is 12.8 Å². The highest BCUT2D eigenvalue weighted by molar-refractivity contribution is 5.81. The molecular formula is C26H30O6. The van der Waals surface area contributed by atoms with Gasteiger partial charge in [0, 0.05) is 36.1 Å². The minimum Gasteiger partial charge on any atom is -0.494 e. The van der Waals surface area contributed by atoms with E-state index in [0.29, 0.717) is 48.7 Å². The fraction of sp³-hybridized carbons (Fsp3) is 0.231. The van der Waals surface area contributed by atoms with E-state index in [9.17, 15) is 9.59 Å². The standard InChI is InChI=1S/C26H30O6/c1-7-25(27)31-19-9-17-29-23(5)15-13-21(3)11-12-22(4)14-16-24(6)30-18-10-20-32-26(28)8-2/h7-8,13-16H,1-6,9-10,17-20H2/b15-13-,16-14-. The van der Waals surface area contributed by atoms with Gasteiger partial charge >= 0.3 is 11.9 Å². The van der Waals surface area contributed by atoms with Gasteiger partial charge < -0.3 is 18.9 Å². The van der Waals surface area contributed by atoms with Crippen molar-refractivity contribution in [2.24, 2.45) is 0 Å². The third-order valence-corrected chi connectivity index (χ3v) is 3.30. The van der Waals surface area contributed by atoms with Crippen molar-refractivity contribution in [3.05, 3.63) is 98.6 Å². The topological polar surface area (TPSA) is 71.1 Å². The molecule has 0 radical (unpaired) electrons. The second kappa shape index (κ2) is 17.8. The average Bonchev–Trinajstić information content (AvgIpc) is 2.78. The van der Waals surface area contributed by atoms with Gasteiger partial charge in [-0.05, 0) is 24.3 Å². The molecule has 6 nitrogen and oxygen atoms in total. The van der Waals surface area contributed by atoms with Crippen molar-refractivity contribution >= 4 is 11.9 Å². The molecule has 0 aromatic rings. The zero-order chi connectivity index (χ0) is 24.2. The Morgan fingerprint density at radius 2 is 0.938 bits per heavy atom. The van der Waals surface area contributed by atoms with Crippen LogP contribution in [-0.4, -0.2) is 38.4 Å². The highest BCUT2D eigenvalue weighted by Crippen LogP contribution is 2.03. The van der Waals surface area contributed by atoms with Crippen LogP contribution in [0.5, 0.6) is 0 Å². The van der Waals surface area contributed by atoms with Crippen LogP contribution in [0.1, 0.15) is 12.8 Å². The van der Waals surface area contributed by atoms with E-state index in [1.165, 1.54) is 0 Å². The molecule has 0 heterocycles. The molecule has 0 fully saturated rings. The zero-order valence-corrected chi connectivity index (χ0v) is 18.4. The normalized spacial score (nSPS) is 9.88. The molecule has 0 N–H and O–H groups in total. The third kappa shape index (κ3) is 16.9. The minimum absolute atomic E-state index is 0.248. The van der Waals surface area contributed by atoms with Gasteiger partial charge in [0.15, 0.2) is 0 Å². The second-order valence-corrected chi connectivity index (χ2v) is 6.05. The Morgan fingerprint density at radius 3 is 1.28 bits per heavy atom. The third-order valence-electron chi connectivity index (χ3n) is 3.30. The summed E-state index contributed by atoms with van der Waals surface area (Å²) in [5.41, 5.74) is 1.10. The molecule has 0 aromatic carbocycles. The number of hydrogen-bond donors (Lipinski definition) is 0. The van der Waals surface area contributed by atoms with E-state index in [-0.39, 0.29) is 13.2 Å². The van der Waals surface area contributed by atoms with Gasteiger partial charge in [0.25, 0.3) is 0 Å². The number of hydrogen-bond acceptors (Lipinski definition) is 6. The van der Waals surface area contributed by atoms with E-state index in [0.717, 1.165) is 12.2 Å². The average molecular weight is 439 g/mol. The number of carbonyl (C=O) groups is 2. The maximum Gasteiger partial charge on any atom is 0.330 e. The molecule has 0 atom stereocenters. The van der Waals surface area contributed by atoms with Crippen LogP contribution in [-0.2, 0) is 28.5 Å². The van der Waals surface area contributed by atoms with Gasteiger partial charge in [-0.15, -0.1) is 0 Å². The number of esters is 2. The summed E-state index contributed by atoms with van der Waals surface area (Å²) in [5, 5.41) is 0. The van der Waals surface area contributed by atoms with E-state index < -0.39 is 11.9 Å². The van der Waals surface area contributed by atoms with Crippen molar-refractivity contribution in [3.8, 4) is 11.8 Å². The Bertz CT molecular complexity index is 777. The Labute approximate surface area is 190 Å². The lowest BCUT2D eigenvalue weighted by Gasteiger charge is -2.05. The molecule has 0 aromatic heterocycles. The lowest BCUT2D eigenvalue weighted by Crippen LogP contribution is -2.04. The first-order valence-corrected chi connectivity index (χ1v) is 9.76. The van der Waals surface area contributed by atoms with Crippen LogP contribution >= 0.6 is 0 Å². The Kier molecular flexibility index (Phi) is 15.6. The van der Waals surface area contributed by atoms with Gasteiger partial charge in [-0.2, -0.15) is 0 Å². The summed E-state index contributed by atoms with van der Waals surface area (Å²) >= 11 is 0. The molecule has 32 heavy (non-hydrogen) atoms. The summed E-state index contributed by atoms with van der Waals surface area (Å²) in [4.78, 5) is 21.8. The summed E-state index contributed by atoms with van der Waals surface area (Å²) in [6.45, 7) is 23.0. The SMILES string of the molecule is C=CC(=O)OCCCOC(=C)/C=C\C(=C)C#CC(=C)/C=C\C(=C)OCCCOC(=O)C=C. The van der Waals surface area contributed by atoms with Crippen LogP contribution in [0.2, 0.25) is 0 Å². The van der Waals surface area contributed by atoms with Crippen LogP contribution in [0.15, 0.2) is 98.6 Å². The zero-order valence-electron chi connectivity index (χ0n) is 18.4. The molecule has 0 rings (SSSR count). The van der Waals surface area contributed by atoms with E-state index >= 15 is 0 Å². The predicted octanol–water partition coefficient (Wildman–Crippen LogP) is 4.51. The molecule has 0 bridgehead atoms. The first kappa shape index (κ1) is 28.0. The van der Waals surface area contributed by atoms with E-state index in [1.807, 2.05) is 0 Å². The van der Waals surface area contributed by atoms with Crippen LogP contribution in [0.4, 0.5) is 0 Å². The van der Waals surface area contributed by atoms with Crippen LogP contribution in [0.3, 0.4) is 0 Å². The smallest absolute Gasteiger partial charge is 0.330 e. The maximum absolute atomic E-state index is 10.9. The van der Waals surface area contributed by atoms with Crippen LogP contribution < -0.4 is 0 Å². The summed E-state index contributed by atoms with van der Waals surface area (Å²) in [7, 11) is 0. The summed E-state index contributed by atoms with van der Waals surface area (Å²) < 4.78 is 20.5. The molecule has 0 aliphatic heterocycles. The molecule has 170 valence electrons. The van der Waals surface area contributed by atoms with Crippen LogP contribution in [0.25, 0.3) is 0 Å². The molecule has 0 saturated carbocycles. The van der Waals surface area contributed by atoms with Crippen LogP contribution in [0, 0.1) is 11.8 Å². The molecule has 0 saturated heterocycles. The van der Waals surface area contributed by atoms with E-state index in [1.54, 1.807) is 24.3 Å². The maximum atomic E-state index is 10.9. The van der Waals surface area contributed by atoms with Crippen molar-refractivity contribution < 1.29 is 28.5 Å². The molecule has 0 amide bonds. The van der Waals surface area contributed by atoms with Crippen molar-refractivity contribution in [3.63, 3.8) is 0 Å². The molecule has 6 heteroatoms. The van der Waals surface area contributed by atoms with Gasteiger partial charge in [-0.25, -0.2) is 9.59 Å². The van der Waals surface area contributed by atoms with Gasteiger partial charge in [-0.3, -0.25) is 0 Å². The lowest BCUT2D eigenvalue weighted by atomic mass is 10.2. The highest BCUT2D eigenvalue weighted by atomic mass is 16.5. The lowest BCUT2D eigenvalue weighted by molar-refractivity contribution is -0.138. The number of rotatable bonds is 16. The first-order valence-electron chi connectivity index (χ1n) is 9.76. The summed E-state index contributed by atoms with van der Waals surface area (Å²) in [6, 6.07) is 0. The fourth-order valence-electron chi connectivity index (χ4n) is 1.71. The van der Waals surface area contributed by atoms with Gasteiger partial charge in [0.2, 0.25) is 0 Å². The van der Waals surface area contributed by atoms with E-state index in [2.05, 4.69) is 51.3 Å². The first-order chi connectivity index (χ1) is 15.3. The van der Waals surface area contributed by atoms with Crippen molar-refractivity contribution in [1.82, 2.24) is 0 Å². The van der Waals surface area contributed by atoms with Crippen molar-refractivity contribution in [1.29, 1.82) is 0 Å². The summed E-state index contributed by atoms with van der Waals surface area (Å²) in [5.74, 6) is 5.67. The largest absolute Gasteiger partial charge is 0.494 e. The fourth-order valence-corrected chi connectivity index (χ4v) is 1.71. The monoisotopic (exact) mass is 438 g/mol. The molecule has 0 unspecified atom stereocenters. The molecule has 0 spiro atoms. The Morgan fingerprint density at radius 1 is 0.594 bits per heavy atom. The quantitative estimate of drug-likeness (QED) is 0.0882. The number of allylic oxidation sites excluding steroid dienone is 6. The number of ether oxygens (including phenoxy) is 4. The molecule has 0 aliphatic carbocycles. The van der Waals surface area contributed by atoms with Gasteiger partial charge in [-0.1, -0.05) is 51.3 Å². The molecular weight excluding hydrogens is 408 g/mol.